The lowest BCUT2D eigenvalue weighted by molar-refractivity contribution is -0.164. The van der Waals surface area contributed by atoms with E-state index in [4.69, 9.17) is 21.1 Å². The molecule has 8 heteroatoms. The van der Waals surface area contributed by atoms with Crippen molar-refractivity contribution >= 4 is 40.0 Å². The van der Waals surface area contributed by atoms with Crippen LogP contribution in [0.5, 0.6) is 5.88 Å². The average Bonchev–Trinajstić information content (AvgIpc) is 3.20. The van der Waals surface area contributed by atoms with Crippen LogP contribution in [0, 0.1) is 13.8 Å². The number of aromatic nitrogens is 2. The molecule has 1 aliphatic rings. The predicted octanol–water partition coefficient (Wildman–Crippen LogP) is 6.86. The summed E-state index contributed by atoms with van der Waals surface area (Å²) in [7, 11) is 1.38. The Balaban J connectivity index is 1.92. The third kappa shape index (κ3) is 4.50. The number of anilines is 2. The zero-order valence-electron chi connectivity index (χ0n) is 22.5. The van der Waals surface area contributed by atoms with E-state index in [9.17, 15) is 9.90 Å². The quantitative estimate of drug-likeness (QED) is 0.282. The van der Waals surface area contributed by atoms with Gasteiger partial charge in [0, 0.05) is 40.8 Å². The summed E-state index contributed by atoms with van der Waals surface area (Å²) in [6, 6.07) is 15.0. The summed E-state index contributed by atoms with van der Waals surface area (Å²) >= 11 is 6.26. The molecule has 2 aromatic heterocycles. The number of hydrogen-bond acceptors (Lipinski definition) is 6. The highest BCUT2D eigenvalue weighted by atomic mass is 35.5. The molecule has 198 valence electrons. The third-order valence-corrected chi connectivity index (χ3v) is 7.17. The van der Waals surface area contributed by atoms with E-state index in [1.54, 1.807) is 12.1 Å². The van der Waals surface area contributed by atoms with Gasteiger partial charge < -0.3 is 24.0 Å². The van der Waals surface area contributed by atoms with Crippen molar-refractivity contribution in [3.8, 4) is 17.0 Å². The van der Waals surface area contributed by atoms with E-state index >= 15 is 0 Å². The first-order valence-electron chi connectivity index (χ1n) is 12.6. The van der Waals surface area contributed by atoms with Crippen LogP contribution in [0.4, 0.5) is 11.5 Å². The van der Waals surface area contributed by atoms with Gasteiger partial charge in [-0.15, -0.1) is 0 Å². The molecule has 0 aliphatic carbocycles. The number of halogens is 1. The largest absolute Gasteiger partial charge is 0.493 e. The number of esters is 1. The van der Waals surface area contributed by atoms with E-state index < -0.39 is 17.7 Å². The monoisotopic (exact) mass is 533 g/mol. The molecule has 0 spiro atoms. The summed E-state index contributed by atoms with van der Waals surface area (Å²) in [5, 5.41) is 11.8. The van der Waals surface area contributed by atoms with Crippen LogP contribution < -0.4 is 4.90 Å². The second kappa shape index (κ2) is 9.64. The van der Waals surface area contributed by atoms with Crippen LogP contribution in [0.1, 0.15) is 43.7 Å². The number of carbonyl (C=O) groups is 1. The minimum Gasteiger partial charge on any atom is -0.493 e. The number of ether oxygens (including phenoxy) is 2. The van der Waals surface area contributed by atoms with Crippen LogP contribution in [0.3, 0.4) is 0 Å². The molecule has 0 saturated heterocycles. The number of pyridine rings is 1. The minimum absolute atomic E-state index is 0.0463. The fraction of sp³-hybridized carbons (Fsp3) is 0.333. The lowest BCUT2D eigenvalue weighted by atomic mass is 9.87. The fourth-order valence-corrected chi connectivity index (χ4v) is 5.55. The summed E-state index contributed by atoms with van der Waals surface area (Å²) in [4.78, 5) is 19.9. The van der Waals surface area contributed by atoms with Crippen molar-refractivity contribution < 1.29 is 19.4 Å². The number of aromatic hydroxyl groups is 1. The normalized spacial score (nSPS) is 14.1. The standard InChI is InChI=1S/C30H32ClN3O4/c1-17-16-21-25(19-10-12-20(31)13-11-19)24(28(29(36)37-6)38-30(3,4)5)18(2)26-27(21)33(17)14-15-34(26)22-8-7-9-23(35)32-22/h7-13,16,28H,14-15H2,1-6H3,(H,32,35)/t28-/m0/s1. The van der Waals surface area contributed by atoms with Crippen LogP contribution in [-0.4, -0.2) is 39.9 Å². The van der Waals surface area contributed by atoms with Crippen molar-refractivity contribution in [2.75, 3.05) is 18.6 Å². The van der Waals surface area contributed by atoms with Crippen LogP contribution in [0.15, 0.2) is 48.5 Å². The topological polar surface area (TPSA) is 76.8 Å². The number of carbonyl (C=O) groups excluding carboxylic acids is 1. The van der Waals surface area contributed by atoms with Gasteiger partial charge in [-0.2, -0.15) is 4.98 Å². The summed E-state index contributed by atoms with van der Waals surface area (Å²) in [6.07, 6.45) is -0.976. The Morgan fingerprint density at radius 2 is 1.82 bits per heavy atom. The molecule has 0 saturated carbocycles. The molecule has 3 heterocycles. The fourth-order valence-electron chi connectivity index (χ4n) is 5.42. The maximum absolute atomic E-state index is 13.4. The molecule has 0 radical (unpaired) electrons. The van der Waals surface area contributed by atoms with Crippen molar-refractivity contribution in [3.05, 3.63) is 70.4 Å². The van der Waals surface area contributed by atoms with E-state index in [0.717, 1.165) is 51.1 Å². The maximum atomic E-state index is 13.4. The molecular formula is C30H32ClN3O4. The van der Waals surface area contributed by atoms with E-state index in [1.807, 2.05) is 58.0 Å². The van der Waals surface area contributed by atoms with Gasteiger partial charge in [0.15, 0.2) is 6.10 Å². The Kier molecular flexibility index (Phi) is 6.61. The highest BCUT2D eigenvalue weighted by Crippen LogP contribution is 2.49. The molecule has 0 unspecified atom stereocenters. The van der Waals surface area contributed by atoms with Gasteiger partial charge in [0.1, 0.15) is 5.82 Å². The number of rotatable bonds is 5. The lowest BCUT2D eigenvalue weighted by Gasteiger charge is -2.35. The molecule has 0 amide bonds. The van der Waals surface area contributed by atoms with Gasteiger partial charge in [0.05, 0.1) is 23.9 Å². The van der Waals surface area contributed by atoms with Gasteiger partial charge in [-0.1, -0.05) is 29.8 Å². The highest BCUT2D eigenvalue weighted by molar-refractivity contribution is 6.30. The van der Waals surface area contributed by atoms with Gasteiger partial charge >= 0.3 is 5.97 Å². The molecule has 1 atom stereocenters. The van der Waals surface area contributed by atoms with Gasteiger partial charge in [-0.05, 0) is 75.6 Å². The van der Waals surface area contributed by atoms with E-state index in [2.05, 4.69) is 27.4 Å². The molecule has 1 N–H and O–H groups in total. The smallest absolute Gasteiger partial charge is 0.339 e. The Labute approximate surface area is 227 Å². The Hall–Kier alpha value is -3.55. The van der Waals surface area contributed by atoms with Crippen molar-refractivity contribution in [1.29, 1.82) is 0 Å². The van der Waals surface area contributed by atoms with Gasteiger partial charge in [-0.25, -0.2) is 4.79 Å². The number of nitrogens with zero attached hydrogens (tertiary/aromatic N) is 3. The SMILES string of the molecule is COC(=O)[C@@H](OC(C)(C)C)c1c(C)c2c3c(cc(C)n3CCN2c2cccc(O)n2)c1-c1ccc(Cl)cc1. The molecule has 1 aliphatic heterocycles. The summed E-state index contributed by atoms with van der Waals surface area (Å²) in [6.45, 7) is 11.3. The number of benzene rings is 2. The van der Waals surface area contributed by atoms with Crippen LogP contribution in [0.2, 0.25) is 5.02 Å². The number of methoxy groups -OCH3 is 1. The third-order valence-electron chi connectivity index (χ3n) is 6.92. The summed E-state index contributed by atoms with van der Waals surface area (Å²) in [5.41, 5.74) is 5.92. The molecule has 7 nitrogen and oxygen atoms in total. The van der Waals surface area contributed by atoms with Crippen molar-refractivity contribution in [2.45, 2.75) is 52.9 Å². The van der Waals surface area contributed by atoms with Gasteiger partial charge in [-0.3, -0.25) is 0 Å². The Bertz CT molecular complexity index is 1540. The highest BCUT2D eigenvalue weighted by Gasteiger charge is 2.37. The second-order valence-corrected chi connectivity index (χ2v) is 11.0. The molecular weight excluding hydrogens is 502 g/mol. The number of hydrogen-bond donors (Lipinski definition) is 1. The first-order chi connectivity index (χ1) is 18.0. The van der Waals surface area contributed by atoms with Gasteiger partial charge in [0.2, 0.25) is 5.88 Å². The van der Waals surface area contributed by atoms with Crippen molar-refractivity contribution in [3.63, 3.8) is 0 Å². The average molecular weight is 534 g/mol. The van der Waals surface area contributed by atoms with Crippen LogP contribution >= 0.6 is 11.6 Å². The van der Waals surface area contributed by atoms with Crippen LogP contribution in [0.25, 0.3) is 22.0 Å². The van der Waals surface area contributed by atoms with E-state index in [0.29, 0.717) is 17.4 Å². The summed E-state index contributed by atoms with van der Waals surface area (Å²) in [5.74, 6) is 0.116. The zero-order chi connectivity index (χ0) is 27.4. The van der Waals surface area contributed by atoms with E-state index in [-0.39, 0.29) is 5.88 Å². The zero-order valence-corrected chi connectivity index (χ0v) is 23.3. The summed E-state index contributed by atoms with van der Waals surface area (Å²) < 4.78 is 14.0. The lowest BCUT2D eigenvalue weighted by Crippen LogP contribution is -2.32. The molecule has 5 rings (SSSR count). The van der Waals surface area contributed by atoms with Crippen molar-refractivity contribution in [2.24, 2.45) is 0 Å². The minimum atomic E-state index is -0.976. The predicted molar refractivity (Wildman–Crippen MR) is 150 cm³/mol. The Morgan fingerprint density at radius 1 is 1.11 bits per heavy atom. The molecule has 4 aromatic rings. The molecule has 38 heavy (non-hydrogen) atoms. The van der Waals surface area contributed by atoms with Gasteiger partial charge in [0.25, 0.3) is 0 Å². The molecule has 2 aromatic carbocycles. The van der Waals surface area contributed by atoms with E-state index in [1.165, 1.54) is 7.11 Å². The van der Waals surface area contributed by atoms with Crippen molar-refractivity contribution in [1.82, 2.24) is 9.55 Å². The molecule has 0 bridgehead atoms. The van der Waals surface area contributed by atoms with Crippen LogP contribution in [-0.2, 0) is 20.8 Å². The Morgan fingerprint density at radius 3 is 2.45 bits per heavy atom. The molecule has 0 fully saturated rings. The first-order valence-corrected chi connectivity index (χ1v) is 13.0. The first kappa shape index (κ1) is 26.1. The second-order valence-electron chi connectivity index (χ2n) is 10.6. The maximum Gasteiger partial charge on any atom is 0.339 e. The number of aryl methyl sites for hydroxylation is 1.